The largest absolute Gasteiger partial charge is 0.508 e. The molecule has 160 valence electrons. The molecule has 6 nitrogen and oxygen atoms in total. The molecule has 0 aliphatic carbocycles. The number of aromatic hydroxyl groups is 1. The summed E-state index contributed by atoms with van der Waals surface area (Å²) >= 11 is 0. The van der Waals surface area contributed by atoms with Gasteiger partial charge in [0.05, 0.1) is 19.7 Å². The molecule has 3 aliphatic heterocycles. The topological polar surface area (TPSA) is 62.2 Å². The third-order valence-corrected chi connectivity index (χ3v) is 6.27. The number of phenolic OH excluding ortho intramolecular Hbond substituents is 1. The van der Waals surface area contributed by atoms with Crippen molar-refractivity contribution >= 4 is 6.09 Å². The average Bonchev–Trinajstić information content (AvgIpc) is 3.07. The molecule has 1 spiro atoms. The van der Waals surface area contributed by atoms with Gasteiger partial charge in [0, 0.05) is 6.04 Å². The van der Waals surface area contributed by atoms with Crippen LogP contribution in [0, 0.1) is 5.82 Å². The van der Waals surface area contributed by atoms with E-state index in [2.05, 4.69) is 4.90 Å². The van der Waals surface area contributed by atoms with Crippen molar-refractivity contribution in [2.24, 2.45) is 0 Å². The van der Waals surface area contributed by atoms with Gasteiger partial charge in [-0.25, -0.2) is 9.18 Å². The van der Waals surface area contributed by atoms with Gasteiger partial charge in [0.25, 0.3) is 0 Å². The Morgan fingerprint density at radius 3 is 2.62 bits per heavy atom. The number of phenols is 1. The summed E-state index contributed by atoms with van der Waals surface area (Å²) in [7, 11) is 0. The zero-order valence-electron chi connectivity index (χ0n) is 17.5. The number of nitrogens with zero attached hydrogens (tertiary/aromatic N) is 2. The van der Waals surface area contributed by atoms with E-state index in [4.69, 9.17) is 9.47 Å². The maximum atomic E-state index is 13.6. The summed E-state index contributed by atoms with van der Waals surface area (Å²) < 4.78 is 25.1. The molecule has 29 heavy (non-hydrogen) atoms. The first-order chi connectivity index (χ1) is 13.6. The molecule has 1 aromatic rings. The highest BCUT2D eigenvalue weighted by Crippen LogP contribution is 2.40. The van der Waals surface area contributed by atoms with Crippen molar-refractivity contribution in [3.8, 4) is 5.75 Å². The maximum absolute atomic E-state index is 13.6. The normalized spacial score (nSPS) is 25.2. The summed E-state index contributed by atoms with van der Waals surface area (Å²) in [6, 6.07) is 4.54. The molecule has 3 heterocycles. The van der Waals surface area contributed by atoms with E-state index in [-0.39, 0.29) is 29.2 Å². The predicted octanol–water partition coefficient (Wildman–Crippen LogP) is 3.49. The lowest BCUT2D eigenvalue weighted by molar-refractivity contribution is -0.109. The van der Waals surface area contributed by atoms with E-state index in [1.807, 2.05) is 20.8 Å². The summed E-state index contributed by atoms with van der Waals surface area (Å²) in [4.78, 5) is 16.3. The van der Waals surface area contributed by atoms with Gasteiger partial charge in [0.1, 0.15) is 22.8 Å². The highest BCUT2D eigenvalue weighted by Gasteiger charge is 2.53. The van der Waals surface area contributed by atoms with Gasteiger partial charge < -0.3 is 19.5 Å². The maximum Gasteiger partial charge on any atom is 0.410 e. The molecule has 1 N–H and O–H groups in total. The van der Waals surface area contributed by atoms with Crippen LogP contribution < -0.4 is 0 Å². The van der Waals surface area contributed by atoms with Crippen molar-refractivity contribution in [2.45, 2.75) is 63.2 Å². The molecule has 1 atom stereocenters. The van der Waals surface area contributed by atoms with Gasteiger partial charge in [-0.15, -0.1) is 0 Å². The number of rotatable bonds is 2. The molecule has 0 saturated carbocycles. The fraction of sp³-hybridized carbons (Fsp3) is 0.682. The van der Waals surface area contributed by atoms with E-state index in [9.17, 15) is 14.3 Å². The minimum absolute atomic E-state index is 0.185. The summed E-state index contributed by atoms with van der Waals surface area (Å²) in [6.07, 6.45) is 2.43. The summed E-state index contributed by atoms with van der Waals surface area (Å²) in [6.45, 7) is 9.28. The van der Waals surface area contributed by atoms with Gasteiger partial charge in [0.2, 0.25) is 0 Å². The molecule has 3 saturated heterocycles. The smallest absolute Gasteiger partial charge is 0.410 e. The highest BCUT2D eigenvalue weighted by atomic mass is 19.1. The summed E-state index contributed by atoms with van der Waals surface area (Å²) in [5, 5.41) is 10.1. The fourth-order valence-electron chi connectivity index (χ4n) is 4.81. The molecule has 3 fully saturated rings. The van der Waals surface area contributed by atoms with E-state index in [0.717, 1.165) is 37.9 Å². The number of halogens is 1. The van der Waals surface area contributed by atoms with E-state index in [1.165, 1.54) is 18.2 Å². The van der Waals surface area contributed by atoms with Gasteiger partial charge in [-0.2, -0.15) is 0 Å². The lowest BCUT2D eigenvalue weighted by Gasteiger charge is -2.47. The molecule has 0 aromatic heterocycles. The quantitative estimate of drug-likeness (QED) is 0.815. The third kappa shape index (κ3) is 4.36. The molecular weight excluding hydrogens is 375 g/mol. The number of carbonyl (C=O) groups is 1. The van der Waals surface area contributed by atoms with Crippen LogP contribution in [0.5, 0.6) is 5.75 Å². The Balaban J connectivity index is 1.27. The van der Waals surface area contributed by atoms with E-state index in [1.54, 1.807) is 4.90 Å². The second-order valence-corrected chi connectivity index (χ2v) is 9.70. The first kappa shape index (κ1) is 20.4. The molecule has 0 radical (unpaired) electrons. The predicted molar refractivity (Wildman–Crippen MR) is 107 cm³/mol. The number of amides is 1. The van der Waals surface area contributed by atoms with Crippen LogP contribution in [0.3, 0.4) is 0 Å². The number of ether oxygens (including phenoxy) is 2. The van der Waals surface area contributed by atoms with Crippen LogP contribution in [0.15, 0.2) is 18.2 Å². The lowest BCUT2D eigenvalue weighted by Crippen LogP contribution is -2.64. The second-order valence-electron chi connectivity index (χ2n) is 9.70. The van der Waals surface area contributed by atoms with Crippen LogP contribution in [0.1, 0.15) is 51.5 Å². The van der Waals surface area contributed by atoms with Crippen LogP contribution in [-0.2, 0) is 9.47 Å². The third-order valence-electron chi connectivity index (χ3n) is 6.27. The van der Waals surface area contributed by atoms with E-state index < -0.39 is 5.60 Å². The van der Waals surface area contributed by atoms with Gasteiger partial charge in [-0.3, -0.25) is 4.90 Å². The Labute approximate surface area is 171 Å². The van der Waals surface area contributed by atoms with Crippen LogP contribution in [0.4, 0.5) is 9.18 Å². The average molecular weight is 406 g/mol. The minimum atomic E-state index is -0.487. The summed E-state index contributed by atoms with van der Waals surface area (Å²) in [5.41, 5.74) is -0.00529. The highest BCUT2D eigenvalue weighted by molar-refractivity contribution is 5.69. The Morgan fingerprint density at radius 2 is 1.97 bits per heavy atom. The Morgan fingerprint density at radius 1 is 1.28 bits per heavy atom. The van der Waals surface area contributed by atoms with Crippen molar-refractivity contribution in [3.63, 3.8) is 0 Å². The number of carbonyl (C=O) groups excluding carboxylic acids is 1. The van der Waals surface area contributed by atoms with Crippen LogP contribution in [0.2, 0.25) is 0 Å². The molecule has 7 heteroatoms. The molecular formula is C22H31FN2O4. The number of hydrogen-bond donors (Lipinski definition) is 1. The molecule has 3 aliphatic rings. The van der Waals surface area contributed by atoms with Gasteiger partial charge in [0.15, 0.2) is 0 Å². The van der Waals surface area contributed by atoms with Crippen molar-refractivity contribution in [2.75, 3.05) is 32.8 Å². The first-order valence-corrected chi connectivity index (χ1v) is 10.5. The van der Waals surface area contributed by atoms with Crippen molar-refractivity contribution in [3.05, 3.63) is 29.6 Å². The number of piperidine rings is 1. The monoisotopic (exact) mass is 406 g/mol. The molecule has 1 amide bonds. The molecule has 0 bridgehead atoms. The second kappa shape index (κ2) is 7.43. The van der Waals surface area contributed by atoms with Crippen LogP contribution in [-0.4, -0.2) is 71.0 Å². The van der Waals surface area contributed by atoms with Crippen molar-refractivity contribution in [1.29, 1.82) is 0 Å². The van der Waals surface area contributed by atoms with Crippen molar-refractivity contribution in [1.82, 2.24) is 9.80 Å². The summed E-state index contributed by atoms with van der Waals surface area (Å²) in [5.74, 6) is 0.0696. The van der Waals surface area contributed by atoms with Crippen molar-refractivity contribution < 1.29 is 23.8 Å². The van der Waals surface area contributed by atoms with Crippen LogP contribution in [0.25, 0.3) is 0 Å². The molecule has 4 rings (SSSR count). The molecule has 1 aromatic carbocycles. The Hall–Kier alpha value is -1.86. The fourth-order valence-corrected chi connectivity index (χ4v) is 4.81. The zero-order valence-corrected chi connectivity index (χ0v) is 17.5. The number of benzene rings is 1. The lowest BCUT2D eigenvalue weighted by atomic mass is 9.86. The number of hydrogen-bond acceptors (Lipinski definition) is 5. The van der Waals surface area contributed by atoms with Gasteiger partial charge >= 0.3 is 6.09 Å². The Bertz CT molecular complexity index is 765. The standard InChI is InChI=1S/C22H31FN2O4/c1-21(2,3)29-20(27)25-13-22(14-25)11-17(12-28-22)24-8-6-15(7-9-24)18-10-16(23)4-5-19(18)26/h4-5,10,15,17,26H,6-9,11-14H2,1-3H3/t17-/m0/s1. The van der Waals surface area contributed by atoms with Gasteiger partial charge in [-0.05, 0) is 82.8 Å². The first-order valence-electron chi connectivity index (χ1n) is 10.5. The Kier molecular flexibility index (Phi) is 5.23. The molecule has 0 unspecified atom stereocenters. The van der Waals surface area contributed by atoms with E-state index in [0.29, 0.717) is 25.7 Å². The van der Waals surface area contributed by atoms with E-state index >= 15 is 0 Å². The number of likely N-dealkylation sites (tertiary alicyclic amines) is 2. The minimum Gasteiger partial charge on any atom is -0.508 e. The van der Waals surface area contributed by atoms with Gasteiger partial charge in [-0.1, -0.05) is 0 Å². The SMILES string of the molecule is CC(C)(C)OC(=O)N1CC2(C[C@H](N3CCC(c4cc(F)ccc4O)CC3)CO2)C1. The van der Waals surface area contributed by atoms with Crippen LogP contribution >= 0.6 is 0 Å². The zero-order chi connectivity index (χ0) is 20.8.